The van der Waals surface area contributed by atoms with Crippen LogP contribution < -0.4 is 5.32 Å². The molecule has 0 unspecified atom stereocenters. The van der Waals surface area contributed by atoms with E-state index in [-0.39, 0.29) is 17.4 Å². The Balaban J connectivity index is 1.67. The summed E-state index contributed by atoms with van der Waals surface area (Å²) in [5, 5.41) is 12.8. The molecule has 1 heterocycles. The van der Waals surface area contributed by atoms with Crippen molar-refractivity contribution in [3.63, 3.8) is 0 Å². The van der Waals surface area contributed by atoms with Gasteiger partial charge in [0.1, 0.15) is 0 Å². The minimum absolute atomic E-state index is 0.0184. The van der Waals surface area contributed by atoms with E-state index in [4.69, 9.17) is 23.2 Å². The van der Waals surface area contributed by atoms with Crippen LogP contribution in [-0.4, -0.2) is 32.2 Å². The molecule has 9 heteroatoms. The van der Waals surface area contributed by atoms with Crippen molar-refractivity contribution in [1.82, 2.24) is 14.8 Å². The third-order valence-corrected chi connectivity index (χ3v) is 5.82. The van der Waals surface area contributed by atoms with E-state index in [9.17, 15) is 9.59 Å². The molecular formula is C20H18Cl2N4O2S. The van der Waals surface area contributed by atoms with Gasteiger partial charge in [0.2, 0.25) is 5.91 Å². The number of thioether (sulfide) groups is 1. The van der Waals surface area contributed by atoms with Gasteiger partial charge in [-0.1, -0.05) is 35.0 Å². The van der Waals surface area contributed by atoms with E-state index in [1.165, 1.54) is 18.7 Å². The molecule has 3 aromatic rings. The number of rotatable bonds is 7. The van der Waals surface area contributed by atoms with Gasteiger partial charge in [0.25, 0.3) is 0 Å². The minimum Gasteiger partial charge on any atom is -0.325 e. The van der Waals surface area contributed by atoms with Crippen molar-refractivity contribution >= 4 is 52.3 Å². The fraction of sp³-hybridized carbons (Fsp3) is 0.200. The maximum absolute atomic E-state index is 12.3. The molecule has 29 heavy (non-hydrogen) atoms. The molecule has 1 amide bonds. The summed E-state index contributed by atoms with van der Waals surface area (Å²) in [4.78, 5) is 23.6. The van der Waals surface area contributed by atoms with Gasteiger partial charge in [-0.2, -0.15) is 0 Å². The number of halogens is 2. The molecule has 0 bridgehead atoms. The highest BCUT2D eigenvalue weighted by atomic mass is 35.5. The predicted octanol–water partition coefficient (Wildman–Crippen LogP) is 5.21. The van der Waals surface area contributed by atoms with Crippen LogP contribution in [-0.2, 0) is 11.3 Å². The first kappa shape index (κ1) is 21.4. The lowest BCUT2D eigenvalue weighted by Gasteiger charge is -2.08. The molecule has 1 N–H and O–H groups in total. The van der Waals surface area contributed by atoms with E-state index in [0.717, 1.165) is 5.56 Å². The van der Waals surface area contributed by atoms with Crippen LogP contribution in [0.3, 0.4) is 0 Å². The molecule has 0 saturated carbocycles. The minimum atomic E-state index is -0.174. The number of carbonyl (C=O) groups is 2. The van der Waals surface area contributed by atoms with Gasteiger partial charge in [0.05, 0.1) is 15.8 Å². The second-order valence-electron chi connectivity index (χ2n) is 6.15. The lowest BCUT2D eigenvalue weighted by atomic mass is 10.1. The van der Waals surface area contributed by atoms with Crippen LogP contribution in [0.5, 0.6) is 0 Å². The first-order valence-electron chi connectivity index (χ1n) is 8.81. The average Bonchev–Trinajstić information content (AvgIpc) is 3.12. The summed E-state index contributed by atoms with van der Waals surface area (Å²) in [5.41, 5.74) is 2.04. The zero-order valence-electron chi connectivity index (χ0n) is 15.8. The van der Waals surface area contributed by atoms with E-state index in [2.05, 4.69) is 15.5 Å². The van der Waals surface area contributed by atoms with Gasteiger partial charge in [0, 0.05) is 23.4 Å². The Labute approximate surface area is 182 Å². The molecule has 2 aromatic carbocycles. The van der Waals surface area contributed by atoms with Crippen molar-refractivity contribution in [2.75, 3.05) is 11.1 Å². The van der Waals surface area contributed by atoms with Crippen LogP contribution in [0.1, 0.15) is 24.2 Å². The first-order chi connectivity index (χ1) is 13.9. The Bertz CT molecular complexity index is 1050. The molecule has 0 fully saturated rings. The second kappa shape index (κ2) is 9.43. The number of amides is 1. The summed E-state index contributed by atoms with van der Waals surface area (Å²) < 4.78 is 1.92. The number of benzene rings is 2. The maximum atomic E-state index is 12.3. The maximum Gasteiger partial charge on any atom is 0.234 e. The van der Waals surface area contributed by atoms with Gasteiger partial charge >= 0.3 is 0 Å². The summed E-state index contributed by atoms with van der Waals surface area (Å²) in [6.45, 7) is 4.12. The molecule has 1 aromatic heterocycles. The Morgan fingerprint density at radius 1 is 1.07 bits per heavy atom. The van der Waals surface area contributed by atoms with Gasteiger partial charge in [0.15, 0.2) is 16.8 Å². The van der Waals surface area contributed by atoms with E-state index >= 15 is 0 Å². The van der Waals surface area contributed by atoms with Gasteiger partial charge in [-0.25, -0.2) is 0 Å². The molecule has 6 nitrogen and oxygen atoms in total. The molecule has 0 aliphatic heterocycles. The summed E-state index contributed by atoms with van der Waals surface area (Å²) >= 11 is 13.4. The zero-order chi connectivity index (χ0) is 21.0. The highest BCUT2D eigenvalue weighted by Gasteiger charge is 2.15. The molecular weight excluding hydrogens is 431 g/mol. The van der Waals surface area contributed by atoms with Crippen molar-refractivity contribution in [3.8, 4) is 11.4 Å². The Morgan fingerprint density at radius 3 is 2.41 bits per heavy atom. The van der Waals surface area contributed by atoms with Crippen molar-refractivity contribution in [2.45, 2.75) is 25.5 Å². The number of hydrogen-bond acceptors (Lipinski definition) is 5. The van der Waals surface area contributed by atoms with Crippen LogP contribution in [0.2, 0.25) is 10.0 Å². The van der Waals surface area contributed by atoms with Crippen LogP contribution in [0.25, 0.3) is 11.4 Å². The normalized spacial score (nSPS) is 10.8. The molecule has 0 radical (unpaired) electrons. The Hall–Kier alpha value is -2.35. The number of carbonyl (C=O) groups excluding carboxylic acids is 2. The summed E-state index contributed by atoms with van der Waals surface area (Å²) in [7, 11) is 0. The van der Waals surface area contributed by atoms with Crippen LogP contribution in [0, 0.1) is 0 Å². The SMILES string of the molecule is CCn1c(SCC(=O)Nc2ccc(C(C)=O)cc2)nnc1-c1ccc(Cl)c(Cl)c1. The molecule has 0 atom stereocenters. The topological polar surface area (TPSA) is 76.9 Å². The van der Waals surface area contributed by atoms with Crippen LogP contribution >= 0.6 is 35.0 Å². The van der Waals surface area contributed by atoms with Gasteiger partial charge in [-0.15, -0.1) is 10.2 Å². The number of ketones is 1. The number of Topliss-reactive ketones (excluding diaryl/α,β-unsaturated/α-hetero) is 1. The highest BCUT2D eigenvalue weighted by Crippen LogP contribution is 2.29. The number of hydrogen-bond donors (Lipinski definition) is 1. The second-order valence-corrected chi connectivity index (χ2v) is 7.91. The fourth-order valence-electron chi connectivity index (χ4n) is 2.64. The number of nitrogens with zero attached hydrogens (tertiary/aromatic N) is 3. The number of aromatic nitrogens is 3. The van der Waals surface area contributed by atoms with Crippen molar-refractivity contribution in [1.29, 1.82) is 0 Å². The first-order valence-corrected chi connectivity index (χ1v) is 10.6. The monoisotopic (exact) mass is 448 g/mol. The Kier molecular flexibility index (Phi) is 6.95. The lowest BCUT2D eigenvalue weighted by Crippen LogP contribution is -2.14. The van der Waals surface area contributed by atoms with Gasteiger partial charge < -0.3 is 9.88 Å². The van der Waals surface area contributed by atoms with E-state index in [1.807, 2.05) is 17.6 Å². The smallest absolute Gasteiger partial charge is 0.234 e. The lowest BCUT2D eigenvalue weighted by molar-refractivity contribution is -0.113. The van der Waals surface area contributed by atoms with Gasteiger partial charge in [-0.3, -0.25) is 9.59 Å². The van der Waals surface area contributed by atoms with E-state index in [0.29, 0.717) is 38.8 Å². The van der Waals surface area contributed by atoms with E-state index < -0.39 is 0 Å². The number of anilines is 1. The third-order valence-electron chi connectivity index (χ3n) is 4.12. The van der Waals surface area contributed by atoms with E-state index in [1.54, 1.807) is 36.4 Å². The van der Waals surface area contributed by atoms with Crippen molar-refractivity contribution in [2.24, 2.45) is 0 Å². The predicted molar refractivity (Wildman–Crippen MR) is 117 cm³/mol. The number of nitrogens with one attached hydrogen (secondary N) is 1. The average molecular weight is 449 g/mol. The summed E-state index contributed by atoms with van der Waals surface area (Å²) in [5.74, 6) is 0.643. The molecule has 0 spiro atoms. The highest BCUT2D eigenvalue weighted by molar-refractivity contribution is 7.99. The zero-order valence-corrected chi connectivity index (χ0v) is 18.1. The van der Waals surface area contributed by atoms with Crippen molar-refractivity contribution in [3.05, 3.63) is 58.1 Å². The van der Waals surface area contributed by atoms with Crippen LogP contribution in [0.4, 0.5) is 5.69 Å². The van der Waals surface area contributed by atoms with Gasteiger partial charge in [-0.05, 0) is 56.3 Å². The molecule has 3 rings (SSSR count). The summed E-state index contributed by atoms with van der Waals surface area (Å²) in [6, 6.07) is 12.1. The molecule has 0 aliphatic rings. The standard InChI is InChI=1S/C20H18Cl2N4O2S/c1-3-26-19(14-6-9-16(21)17(22)10-14)24-25-20(26)29-11-18(28)23-15-7-4-13(5-8-15)12(2)27/h4-10H,3,11H2,1-2H3,(H,23,28). The fourth-order valence-corrected chi connectivity index (χ4v) is 3.75. The van der Waals surface area contributed by atoms with Crippen molar-refractivity contribution < 1.29 is 9.59 Å². The Morgan fingerprint density at radius 2 is 1.79 bits per heavy atom. The van der Waals surface area contributed by atoms with Crippen LogP contribution in [0.15, 0.2) is 47.6 Å². The molecule has 0 saturated heterocycles. The molecule has 0 aliphatic carbocycles. The summed E-state index contributed by atoms with van der Waals surface area (Å²) in [6.07, 6.45) is 0. The quantitative estimate of drug-likeness (QED) is 0.396. The molecule has 150 valence electrons. The third kappa shape index (κ3) is 5.18. The largest absolute Gasteiger partial charge is 0.325 e.